The molecule has 2 rings (SSSR count). The van der Waals surface area contributed by atoms with Crippen LogP contribution >= 0.6 is 27.3 Å². The van der Waals surface area contributed by atoms with E-state index in [2.05, 4.69) is 27.3 Å². The van der Waals surface area contributed by atoms with Crippen LogP contribution in [0.5, 0.6) is 0 Å². The summed E-state index contributed by atoms with van der Waals surface area (Å²) in [5, 5.41) is 12.0. The van der Waals surface area contributed by atoms with Crippen LogP contribution in [0.4, 0.5) is 14.9 Å². The molecular formula is C17H16BrFN2O2S. The summed E-state index contributed by atoms with van der Waals surface area (Å²) < 4.78 is 19.2. The van der Waals surface area contributed by atoms with Crippen molar-refractivity contribution in [1.29, 1.82) is 5.26 Å². The van der Waals surface area contributed by atoms with Gasteiger partial charge in [0.05, 0.1) is 14.4 Å². The fourth-order valence-corrected chi connectivity index (χ4v) is 3.90. The standard InChI is InChI=1S/C17H16BrFN2O2S/c1-9-7-10(19)5-6-11(9)14-13(12(8-20)15(18)24-14)21-16(22)23-17(2,3)4/h5-7H,1-4H3,(H,21,22). The molecule has 126 valence electrons. The first-order chi connectivity index (χ1) is 11.1. The van der Waals surface area contributed by atoms with Gasteiger partial charge < -0.3 is 4.74 Å². The highest BCUT2D eigenvalue weighted by Crippen LogP contribution is 2.44. The third-order valence-corrected chi connectivity index (χ3v) is 4.93. The second-order valence-electron chi connectivity index (χ2n) is 6.15. The van der Waals surface area contributed by atoms with E-state index in [4.69, 9.17) is 4.74 Å². The predicted octanol–water partition coefficient (Wildman–Crippen LogP) is 5.84. The van der Waals surface area contributed by atoms with Crippen molar-refractivity contribution in [3.63, 3.8) is 0 Å². The van der Waals surface area contributed by atoms with Crippen molar-refractivity contribution < 1.29 is 13.9 Å². The summed E-state index contributed by atoms with van der Waals surface area (Å²) in [7, 11) is 0. The number of benzene rings is 1. The minimum absolute atomic E-state index is 0.310. The lowest BCUT2D eigenvalue weighted by Crippen LogP contribution is -2.27. The average molecular weight is 411 g/mol. The molecule has 1 N–H and O–H groups in total. The average Bonchev–Trinajstić information content (AvgIpc) is 2.72. The number of carbonyl (C=O) groups excluding carboxylic acids is 1. The van der Waals surface area contributed by atoms with Gasteiger partial charge in [-0.25, -0.2) is 9.18 Å². The van der Waals surface area contributed by atoms with Crippen molar-refractivity contribution in [2.75, 3.05) is 5.32 Å². The lowest BCUT2D eigenvalue weighted by Gasteiger charge is -2.20. The molecule has 0 atom stereocenters. The molecule has 0 spiro atoms. The zero-order chi connectivity index (χ0) is 18.1. The first-order valence-corrected chi connectivity index (χ1v) is 8.72. The zero-order valence-electron chi connectivity index (χ0n) is 13.7. The van der Waals surface area contributed by atoms with E-state index in [-0.39, 0.29) is 5.82 Å². The Labute approximate surface area is 152 Å². The molecule has 0 aliphatic rings. The van der Waals surface area contributed by atoms with Crippen molar-refractivity contribution in [3.8, 4) is 16.5 Å². The summed E-state index contributed by atoms with van der Waals surface area (Å²) in [4.78, 5) is 12.8. The summed E-state index contributed by atoms with van der Waals surface area (Å²) in [6, 6.07) is 6.46. The van der Waals surface area contributed by atoms with Gasteiger partial charge in [0.2, 0.25) is 0 Å². The number of nitriles is 1. The second kappa shape index (κ2) is 6.91. The number of nitrogens with zero attached hydrogens (tertiary/aromatic N) is 1. The largest absolute Gasteiger partial charge is 0.444 e. The van der Waals surface area contributed by atoms with Gasteiger partial charge in [-0.15, -0.1) is 11.3 Å². The molecule has 24 heavy (non-hydrogen) atoms. The molecule has 1 aromatic carbocycles. The molecule has 0 fully saturated rings. The van der Waals surface area contributed by atoms with Crippen LogP contribution in [-0.4, -0.2) is 11.7 Å². The van der Waals surface area contributed by atoms with E-state index in [0.717, 1.165) is 5.56 Å². The molecule has 7 heteroatoms. The van der Waals surface area contributed by atoms with Crippen LogP contribution in [0.2, 0.25) is 0 Å². The first-order valence-electron chi connectivity index (χ1n) is 7.11. The number of anilines is 1. The molecule has 0 aliphatic heterocycles. The highest BCUT2D eigenvalue weighted by Gasteiger charge is 2.23. The fourth-order valence-electron chi connectivity index (χ4n) is 2.10. The highest BCUT2D eigenvalue weighted by molar-refractivity contribution is 9.11. The third kappa shape index (κ3) is 4.13. The van der Waals surface area contributed by atoms with Gasteiger partial charge in [-0.05, 0) is 66.9 Å². The maximum absolute atomic E-state index is 13.4. The molecule has 0 radical (unpaired) electrons. The molecule has 0 unspecified atom stereocenters. The second-order valence-corrected chi connectivity index (χ2v) is 8.49. The van der Waals surface area contributed by atoms with E-state index in [1.807, 2.05) is 0 Å². The van der Waals surface area contributed by atoms with Crippen LogP contribution in [-0.2, 0) is 4.74 Å². The van der Waals surface area contributed by atoms with E-state index in [1.54, 1.807) is 33.8 Å². The number of thiophene rings is 1. The molecule has 0 bridgehead atoms. The quantitative estimate of drug-likeness (QED) is 0.675. The van der Waals surface area contributed by atoms with Crippen LogP contribution in [0.15, 0.2) is 22.0 Å². The van der Waals surface area contributed by atoms with Gasteiger partial charge in [-0.3, -0.25) is 5.32 Å². The minimum Gasteiger partial charge on any atom is -0.444 e. The maximum atomic E-state index is 13.4. The Kier molecular flexibility index (Phi) is 5.31. The van der Waals surface area contributed by atoms with Crippen LogP contribution in [0.1, 0.15) is 31.9 Å². The topological polar surface area (TPSA) is 62.1 Å². The number of aryl methyl sites for hydroxylation is 1. The molecule has 0 saturated heterocycles. The van der Waals surface area contributed by atoms with E-state index in [1.165, 1.54) is 23.5 Å². The number of hydrogen-bond donors (Lipinski definition) is 1. The SMILES string of the molecule is Cc1cc(F)ccc1-c1sc(Br)c(C#N)c1NC(=O)OC(C)(C)C. The Morgan fingerprint density at radius 2 is 2.08 bits per heavy atom. The monoisotopic (exact) mass is 410 g/mol. The van der Waals surface area contributed by atoms with E-state index < -0.39 is 11.7 Å². The van der Waals surface area contributed by atoms with Gasteiger partial charge in [0.1, 0.15) is 23.1 Å². The van der Waals surface area contributed by atoms with E-state index >= 15 is 0 Å². The smallest absolute Gasteiger partial charge is 0.412 e. The number of amides is 1. The Morgan fingerprint density at radius 1 is 1.42 bits per heavy atom. The van der Waals surface area contributed by atoms with Crippen molar-refractivity contribution in [3.05, 3.63) is 38.9 Å². The molecule has 1 heterocycles. The molecule has 0 aliphatic carbocycles. The van der Waals surface area contributed by atoms with Crippen LogP contribution in [0.3, 0.4) is 0 Å². The number of ether oxygens (including phenoxy) is 1. The minimum atomic E-state index is -0.657. The number of carbonyl (C=O) groups is 1. The molecule has 4 nitrogen and oxygen atoms in total. The fraction of sp³-hybridized carbons (Fsp3) is 0.294. The van der Waals surface area contributed by atoms with Gasteiger partial charge in [0, 0.05) is 0 Å². The van der Waals surface area contributed by atoms with Gasteiger partial charge in [0.25, 0.3) is 0 Å². The summed E-state index contributed by atoms with van der Waals surface area (Å²) in [6.07, 6.45) is -0.648. The summed E-state index contributed by atoms with van der Waals surface area (Å²) in [6.45, 7) is 7.04. The molecular weight excluding hydrogens is 395 g/mol. The van der Waals surface area contributed by atoms with E-state index in [0.29, 0.717) is 25.5 Å². The summed E-state index contributed by atoms with van der Waals surface area (Å²) in [5.41, 5.74) is 1.47. The van der Waals surface area contributed by atoms with Crippen molar-refractivity contribution in [2.45, 2.75) is 33.3 Å². The van der Waals surface area contributed by atoms with Gasteiger partial charge in [-0.2, -0.15) is 5.26 Å². The lowest BCUT2D eigenvalue weighted by molar-refractivity contribution is 0.0636. The highest BCUT2D eigenvalue weighted by atomic mass is 79.9. The van der Waals surface area contributed by atoms with Crippen LogP contribution in [0.25, 0.3) is 10.4 Å². The molecule has 1 amide bonds. The van der Waals surface area contributed by atoms with Crippen molar-refractivity contribution in [1.82, 2.24) is 0 Å². The predicted molar refractivity (Wildman–Crippen MR) is 96.7 cm³/mol. The van der Waals surface area contributed by atoms with Gasteiger partial charge in [-0.1, -0.05) is 6.07 Å². The Bertz CT molecular complexity index is 834. The van der Waals surface area contributed by atoms with Crippen molar-refractivity contribution >= 4 is 39.0 Å². The van der Waals surface area contributed by atoms with Crippen LogP contribution < -0.4 is 5.32 Å². The Balaban J connectivity index is 2.50. The zero-order valence-corrected chi connectivity index (χ0v) is 16.1. The number of rotatable bonds is 2. The summed E-state index contributed by atoms with van der Waals surface area (Å²) in [5.74, 6) is -0.339. The van der Waals surface area contributed by atoms with Gasteiger partial charge >= 0.3 is 6.09 Å². The molecule has 1 aromatic heterocycles. The van der Waals surface area contributed by atoms with Gasteiger partial charge in [0.15, 0.2) is 0 Å². The van der Waals surface area contributed by atoms with E-state index in [9.17, 15) is 14.4 Å². The molecule has 2 aromatic rings. The number of halogens is 2. The normalized spacial score (nSPS) is 11.0. The summed E-state index contributed by atoms with van der Waals surface area (Å²) >= 11 is 4.65. The third-order valence-electron chi connectivity index (χ3n) is 3.04. The number of hydrogen-bond acceptors (Lipinski definition) is 4. The lowest BCUT2D eigenvalue weighted by atomic mass is 10.1. The van der Waals surface area contributed by atoms with Crippen molar-refractivity contribution in [2.24, 2.45) is 0 Å². The molecule has 0 saturated carbocycles. The Hall–Kier alpha value is -1.91. The maximum Gasteiger partial charge on any atom is 0.412 e. The number of nitrogens with one attached hydrogen (secondary N) is 1. The van der Waals surface area contributed by atoms with Crippen LogP contribution in [0, 0.1) is 24.1 Å². The Morgan fingerprint density at radius 3 is 2.62 bits per heavy atom. The first kappa shape index (κ1) is 18.4.